The van der Waals surface area contributed by atoms with Crippen LogP contribution in [0.1, 0.15) is 47.8 Å². The van der Waals surface area contributed by atoms with Crippen molar-refractivity contribution in [1.29, 1.82) is 0 Å². The SMILES string of the molecule is O=C(CCCC(=O)N1CC[C@@H]2OCc3cnnn3[C@H]2C1)c1ccccc1. The number of fused-ring (bicyclic) bond motifs is 3. The van der Waals surface area contributed by atoms with Gasteiger partial charge in [0.15, 0.2) is 5.78 Å². The topological polar surface area (TPSA) is 77.3 Å². The summed E-state index contributed by atoms with van der Waals surface area (Å²) in [4.78, 5) is 26.6. The summed E-state index contributed by atoms with van der Waals surface area (Å²) in [6.45, 7) is 1.81. The van der Waals surface area contributed by atoms with E-state index in [-0.39, 0.29) is 23.8 Å². The molecule has 1 fully saturated rings. The van der Waals surface area contributed by atoms with Gasteiger partial charge >= 0.3 is 0 Å². The number of amides is 1. The molecule has 1 saturated heterocycles. The Morgan fingerprint density at radius 3 is 2.88 bits per heavy atom. The van der Waals surface area contributed by atoms with Gasteiger partial charge in [0.25, 0.3) is 0 Å². The molecule has 26 heavy (non-hydrogen) atoms. The van der Waals surface area contributed by atoms with Crippen LogP contribution in [0.2, 0.25) is 0 Å². The summed E-state index contributed by atoms with van der Waals surface area (Å²) in [6.07, 6.45) is 3.97. The van der Waals surface area contributed by atoms with Gasteiger partial charge in [-0.2, -0.15) is 0 Å². The first kappa shape index (κ1) is 16.9. The zero-order valence-corrected chi connectivity index (χ0v) is 14.6. The van der Waals surface area contributed by atoms with E-state index in [1.807, 2.05) is 39.9 Å². The van der Waals surface area contributed by atoms with Crippen LogP contribution >= 0.6 is 0 Å². The van der Waals surface area contributed by atoms with Crippen molar-refractivity contribution < 1.29 is 14.3 Å². The summed E-state index contributed by atoms with van der Waals surface area (Å²) in [5, 5.41) is 8.11. The molecule has 7 heteroatoms. The van der Waals surface area contributed by atoms with Crippen molar-refractivity contribution in [2.24, 2.45) is 0 Å². The standard InChI is InChI=1S/C19H22N4O3/c24-17(14-5-2-1-3-6-14)7-4-8-19(25)22-10-9-18-16(12-22)23-15(13-26-18)11-20-21-23/h1-3,5-6,11,16,18H,4,7-10,12-13H2/t16-,18-/m0/s1. The first-order chi connectivity index (χ1) is 12.7. The predicted octanol–water partition coefficient (Wildman–Crippen LogP) is 2.00. The van der Waals surface area contributed by atoms with Crippen molar-refractivity contribution in [2.75, 3.05) is 13.1 Å². The number of ketones is 1. The van der Waals surface area contributed by atoms with Crippen molar-refractivity contribution in [3.05, 3.63) is 47.8 Å². The van der Waals surface area contributed by atoms with E-state index in [9.17, 15) is 9.59 Å². The van der Waals surface area contributed by atoms with Gasteiger partial charge in [-0.1, -0.05) is 35.5 Å². The van der Waals surface area contributed by atoms with Gasteiger partial charge in [0, 0.05) is 31.5 Å². The van der Waals surface area contributed by atoms with Crippen molar-refractivity contribution in [2.45, 2.75) is 44.4 Å². The zero-order valence-electron chi connectivity index (χ0n) is 14.6. The quantitative estimate of drug-likeness (QED) is 0.768. The third-order valence-electron chi connectivity index (χ3n) is 5.17. The van der Waals surface area contributed by atoms with Gasteiger partial charge in [0.1, 0.15) is 0 Å². The number of ether oxygens (including phenoxy) is 1. The zero-order chi connectivity index (χ0) is 17.9. The molecule has 136 valence electrons. The van der Waals surface area contributed by atoms with E-state index in [4.69, 9.17) is 4.74 Å². The number of Topliss-reactive ketones (excluding diaryl/α,β-unsaturated/α-hetero) is 1. The minimum absolute atomic E-state index is 0.0323. The molecule has 7 nitrogen and oxygen atoms in total. The summed E-state index contributed by atoms with van der Waals surface area (Å²) in [5.41, 5.74) is 1.66. The third kappa shape index (κ3) is 3.39. The van der Waals surface area contributed by atoms with E-state index < -0.39 is 0 Å². The van der Waals surface area contributed by atoms with Crippen LogP contribution in [-0.4, -0.2) is 50.8 Å². The number of carbonyl (C=O) groups is 2. The highest BCUT2D eigenvalue weighted by Crippen LogP contribution is 2.30. The van der Waals surface area contributed by atoms with E-state index in [0.717, 1.165) is 12.1 Å². The molecule has 0 bridgehead atoms. The fraction of sp³-hybridized carbons (Fsp3) is 0.474. The monoisotopic (exact) mass is 354 g/mol. The lowest BCUT2D eigenvalue weighted by molar-refractivity contribution is -0.138. The van der Waals surface area contributed by atoms with Crippen LogP contribution in [-0.2, 0) is 16.1 Å². The predicted molar refractivity (Wildman–Crippen MR) is 93.5 cm³/mol. The van der Waals surface area contributed by atoms with Gasteiger partial charge in [-0.15, -0.1) is 5.10 Å². The highest BCUT2D eigenvalue weighted by atomic mass is 16.5. The van der Waals surface area contributed by atoms with Crippen LogP contribution in [0.15, 0.2) is 36.5 Å². The fourth-order valence-corrected chi connectivity index (χ4v) is 3.73. The van der Waals surface area contributed by atoms with Crippen molar-refractivity contribution in [3.63, 3.8) is 0 Å². The molecule has 0 N–H and O–H groups in total. The van der Waals surface area contributed by atoms with Crippen LogP contribution in [0.25, 0.3) is 0 Å². The van der Waals surface area contributed by atoms with Gasteiger partial charge in [0.2, 0.25) is 5.91 Å². The Morgan fingerprint density at radius 1 is 1.19 bits per heavy atom. The number of nitrogens with zero attached hydrogens (tertiary/aromatic N) is 4. The van der Waals surface area contributed by atoms with Crippen molar-refractivity contribution >= 4 is 11.7 Å². The maximum Gasteiger partial charge on any atom is 0.222 e. The second-order valence-corrected chi connectivity index (χ2v) is 6.86. The molecule has 1 aromatic heterocycles. The van der Waals surface area contributed by atoms with Gasteiger partial charge in [-0.3, -0.25) is 9.59 Å². The number of likely N-dealkylation sites (tertiary alicyclic amines) is 1. The molecule has 4 rings (SSSR count). The third-order valence-corrected chi connectivity index (χ3v) is 5.17. The highest BCUT2D eigenvalue weighted by Gasteiger charge is 2.37. The molecule has 0 spiro atoms. The molecule has 3 heterocycles. The smallest absolute Gasteiger partial charge is 0.222 e. The molecule has 2 atom stereocenters. The largest absolute Gasteiger partial charge is 0.370 e. The van der Waals surface area contributed by atoms with Gasteiger partial charge < -0.3 is 9.64 Å². The Balaban J connectivity index is 1.30. The molecule has 2 aliphatic rings. The normalized spacial score (nSPS) is 21.8. The average Bonchev–Trinajstić information content (AvgIpc) is 3.17. The lowest BCUT2D eigenvalue weighted by Gasteiger charge is -2.41. The minimum Gasteiger partial charge on any atom is -0.370 e. The second-order valence-electron chi connectivity index (χ2n) is 6.86. The Kier molecular flexibility index (Phi) is 4.79. The molecular weight excluding hydrogens is 332 g/mol. The highest BCUT2D eigenvalue weighted by molar-refractivity contribution is 5.96. The van der Waals surface area contributed by atoms with Crippen LogP contribution in [0.5, 0.6) is 0 Å². The molecule has 0 radical (unpaired) electrons. The molecule has 2 aromatic rings. The molecule has 0 saturated carbocycles. The van der Waals surface area contributed by atoms with Crippen LogP contribution in [0.4, 0.5) is 0 Å². The lowest BCUT2D eigenvalue weighted by atomic mass is 9.99. The molecule has 0 unspecified atom stereocenters. The molecule has 1 amide bonds. The Labute approximate surface area is 151 Å². The van der Waals surface area contributed by atoms with Gasteiger partial charge in [-0.05, 0) is 12.8 Å². The summed E-state index contributed by atoms with van der Waals surface area (Å²) in [6, 6.07) is 9.26. The molecular formula is C19H22N4O3. The van der Waals surface area contributed by atoms with E-state index in [1.54, 1.807) is 6.20 Å². The first-order valence-corrected chi connectivity index (χ1v) is 9.09. The minimum atomic E-state index is 0.0323. The maximum atomic E-state index is 12.6. The van der Waals surface area contributed by atoms with Crippen molar-refractivity contribution in [3.8, 4) is 0 Å². The number of benzene rings is 1. The van der Waals surface area contributed by atoms with E-state index >= 15 is 0 Å². The summed E-state index contributed by atoms with van der Waals surface area (Å²) in [7, 11) is 0. The number of aromatic nitrogens is 3. The molecule has 1 aromatic carbocycles. The maximum absolute atomic E-state index is 12.6. The first-order valence-electron chi connectivity index (χ1n) is 9.09. The number of rotatable bonds is 5. The van der Waals surface area contributed by atoms with E-state index in [0.29, 0.717) is 44.5 Å². The summed E-state index contributed by atoms with van der Waals surface area (Å²) in [5.74, 6) is 0.182. The van der Waals surface area contributed by atoms with Gasteiger partial charge in [0.05, 0.1) is 30.6 Å². The lowest BCUT2D eigenvalue weighted by Crippen LogP contribution is -2.49. The molecule has 2 aliphatic heterocycles. The Morgan fingerprint density at radius 2 is 2.04 bits per heavy atom. The number of hydrogen-bond acceptors (Lipinski definition) is 5. The number of hydrogen-bond donors (Lipinski definition) is 0. The number of piperidine rings is 1. The van der Waals surface area contributed by atoms with Crippen LogP contribution in [0, 0.1) is 0 Å². The fourth-order valence-electron chi connectivity index (χ4n) is 3.73. The Hall–Kier alpha value is -2.54. The summed E-state index contributed by atoms with van der Waals surface area (Å²) >= 11 is 0. The van der Waals surface area contributed by atoms with Crippen LogP contribution in [0.3, 0.4) is 0 Å². The van der Waals surface area contributed by atoms with E-state index in [2.05, 4.69) is 10.3 Å². The van der Waals surface area contributed by atoms with Crippen LogP contribution < -0.4 is 0 Å². The average molecular weight is 354 g/mol. The van der Waals surface area contributed by atoms with Crippen molar-refractivity contribution in [1.82, 2.24) is 19.9 Å². The Bertz CT molecular complexity index is 789. The van der Waals surface area contributed by atoms with Gasteiger partial charge in [-0.25, -0.2) is 4.68 Å². The molecule has 0 aliphatic carbocycles. The second kappa shape index (κ2) is 7.37. The number of carbonyl (C=O) groups excluding carboxylic acids is 2. The van der Waals surface area contributed by atoms with E-state index in [1.165, 1.54) is 0 Å². The summed E-state index contributed by atoms with van der Waals surface area (Å²) < 4.78 is 7.77.